The molecule has 152 valence electrons. The Morgan fingerprint density at radius 2 is 1.83 bits per heavy atom. The quantitative estimate of drug-likeness (QED) is 0.841. The van der Waals surface area contributed by atoms with Gasteiger partial charge in [0.15, 0.2) is 0 Å². The Labute approximate surface area is 169 Å². The zero-order valence-electron chi connectivity index (χ0n) is 16.5. The first-order valence-electron chi connectivity index (χ1n) is 10.1. The van der Waals surface area contributed by atoms with Crippen LogP contribution in [0.3, 0.4) is 0 Å². The minimum absolute atomic E-state index is 0.130. The van der Waals surface area contributed by atoms with E-state index in [2.05, 4.69) is 5.32 Å². The van der Waals surface area contributed by atoms with E-state index in [-0.39, 0.29) is 17.6 Å². The zero-order valence-corrected chi connectivity index (χ0v) is 16.5. The number of carbonyl (C=O) groups is 2. The molecule has 1 atom stereocenters. The molecule has 1 aliphatic carbocycles. The largest absolute Gasteiger partial charge is 0.495 e. The summed E-state index contributed by atoms with van der Waals surface area (Å²) in [7, 11) is 1.57. The van der Waals surface area contributed by atoms with Crippen molar-refractivity contribution in [2.45, 2.75) is 43.6 Å². The van der Waals surface area contributed by atoms with Crippen LogP contribution in [0.15, 0.2) is 48.5 Å². The number of nitrogens with one attached hydrogen (secondary N) is 1. The molecule has 0 spiro atoms. The molecule has 0 aromatic heterocycles. The number of hydrogen-bond acceptors (Lipinski definition) is 3. The molecule has 29 heavy (non-hydrogen) atoms. The van der Waals surface area contributed by atoms with Crippen molar-refractivity contribution in [2.24, 2.45) is 0 Å². The lowest BCUT2D eigenvalue weighted by Gasteiger charge is -2.29. The molecule has 4 rings (SSSR count). The van der Waals surface area contributed by atoms with E-state index in [0.717, 1.165) is 18.4 Å². The first kappa shape index (κ1) is 19.4. The van der Waals surface area contributed by atoms with Crippen molar-refractivity contribution in [1.29, 1.82) is 0 Å². The van der Waals surface area contributed by atoms with Gasteiger partial charge in [-0.25, -0.2) is 4.39 Å². The highest BCUT2D eigenvalue weighted by Gasteiger charge is 2.45. The Hall–Kier alpha value is -2.89. The van der Waals surface area contributed by atoms with Gasteiger partial charge in [-0.3, -0.25) is 9.59 Å². The van der Waals surface area contributed by atoms with Crippen LogP contribution in [0.25, 0.3) is 0 Å². The first-order chi connectivity index (χ1) is 14.0. The number of para-hydroxylation sites is 2. The number of ether oxygens (including phenoxy) is 1. The van der Waals surface area contributed by atoms with E-state index in [1.165, 1.54) is 12.1 Å². The van der Waals surface area contributed by atoms with Crippen LogP contribution in [0, 0.1) is 5.82 Å². The van der Waals surface area contributed by atoms with Gasteiger partial charge in [-0.15, -0.1) is 0 Å². The average Bonchev–Trinajstić information content (AvgIpc) is 3.37. The Balaban J connectivity index is 1.53. The highest BCUT2D eigenvalue weighted by Crippen LogP contribution is 2.42. The summed E-state index contributed by atoms with van der Waals surface area (Å²) < 4.78 is 18.8. The van der Waals surface area contributed by atoms with E-state index in [4.69, 9.17) is 4.74 Å². The molecule has 6 heteroatoms. The third-order valence-corrected chi connectivity index (χ3v) is 6.18. The standard InChI is InChI=1S/C23H25FN2O3/c1-29-20-7-3-2-6-19(20)26-15-12-18(21(26)27)25-22(28)23(13-4-5-14-23)16-8-10-17(24)11-9-16/h2-3,6-11,18H,4-5,12-15H2,1H3,(H,25,28). The molecule has 1 saturated heterocycles. The van der Waals surface area contributed by atoms with Gasteiger partial charge in [0.25, 0.3) is 0 Å². The van der Waals surface area contributed by atoms with Crippen molar-refractivity contribution in [2.75, 3.05) is 18.6 Å². The van der Waals surface area contributed by atoms with Crippen molar-refractivity contribution in [3.05, 3.63) is 59.9 Å². The van der Waals surface area contributed by atoms with E-state index in [1.54, 1.807) is 24.1 Å². The molecule has 1 aliphatic heterocycles. The van der Waals surface area contributed by atoms with E-state index in [1.807, 2.05) is 24.3 Å². The summed E-state index contributed by atoms with van der Waals surface area (Å²) in [5.41, 5.74) is 0.845. The summed E-state index contributed by atoms with van der Waals surface area (Å²) in [5, 5.41) is 3.00. The van der Waals surface area contributed by atoms with Crippen LogP contribution in [0.1, 0.15) is 37.7 Å². The molecule has 2 aliphatic rings. The molecular formula is C23H25FN2O3. The number of carbonyl (C=O) groups excluding carboxylic acids is 2. The van der Waals surface area contributed by atoms with Gasteiger partial charge in [0.1, 0.15) is 17.6 Å². The lowest BCUT2D eigenvalue weighted by Crippen LogP contribution is -2.49. The smallest absolute Gasteiger partial charge is 0.249 e. The van der Waals surface area contributed by atoms with Crippen molar-refractivity contribution >= 4 is 17.5 Å². The molecule has 1 unspecified atom stereocenters. The monoisotopic (exact) mass is 396 g/mol. The molecule has 1 saturated carbocycles. The Kier molecular flexibility index (Phi) is 5.26. The zero-order chi connectivity index (χ0) is 20.4. The molecule has 1 heterocycles. The van der Waals surface area contributed by atoms with Crippen molar-refractivity contribution in [3.8, 4) is 5.75 Å². The van der Waals surface area contributed by atoms with Crippen LogP contribution in [0.4, 0.5) is 10.1 Å². The number of benzene rings is 2. The van der Waals surface area contributed by atoms with Crippen molar-refractivity contribution < 1.29 is 18.7 Å². The number of nitrogens with zero attached hydrogens (tertiary/aromatic N) is 1. The van der Waals surface area contributed by atoms with Crippen LogP contribution < -0.4 is 15.0 Å². The minimum Gasteiger partial charge on any atom is -0.495 e. The maximum atomic E-state index is 13.4. The second-order valence-electron chi connectivity index (χ2n) is 7.77. The maximum Gasteiger partial charge on any atom is 0.249 e. The average molecular weight is 396 g/mol. The molecule has 2 amide bonds. The van der Waals surface area contributed by atoms with E-state index in [9.17, 15) is 14.0 Å². The second-order valence-corrected chi connectivity index (χ2v) is 7.77. The molecule has 1 N–H and O–H groups in total. The fraction of sp³-hybridized carbons (Fsp3) is 0.391. The predicted molar refractivity (Wildman–Crippen MR) is 108 cm³/mol. The summed E-state index contributed by atoms with van der Waals surface area (Å²) in [5.74, 6) is 0.0454. The molecule has 5 nitrogen and oxygen atoms in total. The second kappa shape index (κ2) is 7.85. The summed E-state index contributed by atoms with van der Waals surface area (Å²) in [6.45, 7) is 0.522. The third-order valence-electron chi connectivity index (χ3n) is 6.18. The molecule has 2 aromatic rings. The third kappa shape index (κ3) is 3.48. The fourth-order valence-electron chi connectivity index (χ4n) is 4.60. The molecule has 0 bridgehead atoms. The van der Waals surface area contributed by atoms with Crippen molar-refractivity contribution in [1.82, 2.24) is 5.32 Å². The lowest BCUT2D eigenvalue weighted by atomic mass is 9.77. The normalized spacial score (nSPS) is 20.7. The van der Waals surface area contributed by atoms with E-state index in [0.29, 0.717) is 37.2 Å². The molecular weight excluding hydrogens is 371 g/mol. The summed E-state index contributed by atoms with van der Waals surface area (Å²) >= 11 is 0. The van der Waals surface area contributed by atoms with Crippen LogP contribution in [0.2, 0.25) is 0 Å². The molecule has 0 radical (unpaired) electrons. The Morgan fingerprint density at radius 1 is 1.14 bits per heavy atom. The Bertz CT molecular complexity index is 907. The number of amides is 2. The van der Waals surface area contributed by atoms with Crippen LogP contribution in [-0.4, -0.2) is 31.5 Å². The van der Waals surface area contributed by atoms with Crippen LogP contribution in [-0.2, 0) is 15.0 Å². The number of methoxy groups -OCH3 is 1. The first-order valence-corrected chi connectivity index (χ1v) is 10.1. The SMILES string of the molecule is COc1ccccc1N1CCC(NC(=O)C2(c3ccc(F)cc3)CCCC2)C1=O. The van der Waals surface area contributed by atoms with Crippen molar-refractivity contribution in [3.63, 3.8) is 0 Å². The van der Waals surface area contributed by atoms with Gasteiger partial charge in [-0.1, -0.05) is 37.1 Å². The van der Waals surface area contributed by atoms with E-state index >= 15 is 0 Å². The van der Waals surface area contributed by atoms with Gasteiger partial charge >= 0.3 is 0 Å². The number of hydrogen-bond donors (Lipinski definition) is 1. The lowest BCUT2D eigenvalue weighted by molar-refractivity contribution is -0.130. The highest BCUT2D eigenvalue weighted by atomic mass is 19.1. The molecule has 2 aromatic carbocycles. The minimum atomic E-state index is -0.689. The van der Waals surface area contributed by atoms with Crippen LogP contribution >= 0.6 is 0 Å². The maximum absolute atomic E-state index is 13.4. The summed E-state index contributed by atoms with van der Waals surface area (Å²) in [6.07, 6.45) is 3.85. The summed E-state index contributed by atoms with van der Waals surface area (Å²) in [4.78, 5) is 28.0. The van der Waals surface area contributed by atoms with Gasteiger partial charge in [-0.2, -0.15) is 0 Å². The number of rotatable bonds is 5. The highest BCUT2D eigenvalue weighted by molar-refractivity contribution is 6.03. The summed E-state index contributed by atoms with van der Waals surface area (Å²) in [6, 6.07) is 13.0. The van der Waals surface area contributed by atoms with Gasteiger partial charge in [0, 0.05) is 6.54 Å². The van der Waals surface area contributed by atoms with Crippen LogP contribution in [0.5, 0.6) is 5.75 Å². The predicted octanol–water partition coefficient (Wildman–Crippen LogP) is 3.57. The van der Waals surface area contributed by atoms with E-state index < -0.39 is 11.5 Å². The number of anilines is 1. The molecule has 2 fully saturated rings. The van der Waals surface area contributed by atoms with Gasteiger partial charge in [-0.05, 0) is 49.1 Å². The number of halogens is 1. The topological polar surface area (TPSA) is 58.6 Å². The van der Waals surface area contributed by atoms with Gasteiger partial charge in [0.2, 0.25) is 11.8 Å². The fourth-order valence-corrected chi connectivity index (χ4v) is 4.60. The van der Waals surface area contributed by atoms with Gasteiger partial charge in [0.05, 0.1) is 18.2 Å². The Morgan fingerprint density at radius 3 is 2.52 bits per heavy atom. The van der Waals surface area contributed by atoms with Gasteiger partial charge < -0.3 is 15.0 Å².